The molecule has 5 atom stereocenters. The number of methoxy groups -OCH3 is 1. The van der Waals surface area contributed by atoms with E-state index in [1.807, 2.05) is 6.08 Å². The van der Waals surface area contributed by atoms with Crippen molar-refractivity contribution >= 4 is 11.6 Å². The number of fused-ring (bicyclic) bond motifs is 5. The lowest BCUT2D eigenvalue weighted by Crippen LogP contribution is -2.50. The van der Waals surface area contributed by atoms with Gasteiger partial charge in [0.15, 0.2) is 5.76 Å². The predicted octanol–water partition coefficient (Wildman–Crippen LogP) is 3.84. The fourth-order valence-corrected chi connectivity index (χ4v) is 6.20. The third kappa shape index (κ3) is 1.88. The standard InChI is InChI=1S/C20H26O3/c1-19-9-8-15-13(14(19)6-7-18(19)22)5-4-12-10-16(21)17(23-3)11-20(12,15)2/h10-11,13-15H,4-9H2,1-3H3/t13-,14-,15-,19-,20-/m0/s1. The van der Waals surface area contributed by atoms with Crippen molar-refractivity contribution in [3.63, 3.8) is 0 Å². The first-order chi connectivity index (χ1) is 10.9. The summed E-state index contributed by atoms with van der Waals surface area (Å²) < 4.78 is 5.33. The van der Waals surface area contributed by atoms with Crippen LogP contribution in [0, 0.1) is 28.6 Å². The van der Waals surface area contributed by atoms with Crippen LogP contribution in [0.5, 0.6) is 0 Å². The number of rotatable bonds is 1. The summed E-state index contributed by atoms with van der Waals surface area (Å²) in [5, 5.41) is 0. The molecule has 0 aromatic heterocycles. The van der Waals surface area contributed by atoms with Crippen molar-refractivity contribution in [3.05, 3.63) is 23.5 Å². The number of carbonyl (C=O) groups excluding carboxylic acids is 2. The van der Waals surface area contributed by atoms with Crippen LogP contribution in [0.25, 0.3) is 0 Å². The number of ether oxygens (including phenoxy) is 1. The summed E-state index contributed by atoms with van der Waals surface area (Å²) in [6.45, 7) is 4.48. The number of carbonyl (C=O) groups is 2. The van der Waals surface area contributed by atoms with Crippen LogP contribution >= 0.6 is 0 Å². The molecule has 3 saturated carbocycles. The highest BCUT2D eigenvalue weighted by Crippen LogP contribution is 2.63. The van der Waals surface area contributed by atoms with E-state index in [1.165, 1.54) is 5.57 Å². The Morgan fingerprint density at radius 1 is 1.09 bits per heavy atom. The third-order valence-electron chi connectivity index (χ3n) is 7.55. The van der Waals surface area contributed by atoms with Gasteiger partial charge in [0.2, 0.25) is 5.78 Å². The molecule has 0 N–H and O–H groups in total. The molecular weight excluding hydrogens is 288 g/mol. The topological polar surface area (TPSA) is 43.4 Å². The first-order valence-corrected chi connectivity index (χ1v) is 8.95. The molecule has 0 aromatic rings. The Kier molecular flexibility index (Phi) is 3.17. The summed E-state index contributed by atoms with van der Waals surface area (Å²) in [5.41, 5.74) is 1.11. The quantitative estimate of drug-likeness (QED) is 0.738. The molecule has 4 rings (SSSR count). The third-order valence-corrected chi connectivity index (χ3v) is 7.55. The van der Waals surface area contributed by atoms with Gasteiger partial charge in [-0.3, -0.25) is 9.59 Å². The van der Waals surface area contributed by atoms with Crippen molar-refractivity contribution in [2.24, 2.45) is 28.6 Å². The predicted molar refractivity (Wildman–Crippen MR) is 87.6 cm³/mol. The molecular formula is C20H26O3. The zero-order valence-corrected chi connectivity index (χ0v) is 14.4. The Bertz CT molecular complexity index is 643. The van der Waals surface area contributed by atoms with E-state index in [0.29, 0.717) is 29.3 Å². The molecule has 3 nitrogen and oxygen atoms in total. The van der Waals surface area contributed by atoms with Crippen LogP contribution < -0.4 is 0 Å². The van der Waals surface area contributed by atoms with Crippen LogP contribution in [-0.2, 0) is 14.3 Å². The van der Waals surface area contributed by atoms with Crippen LogP contribution in [0.3, 0.4) is 0 Å². The molecule has 0 saturated heterocycles. The van der Waals surface area contributed by atoms with Crippen molar-refractivity contribution in [3.8, 4) is 0 Å². The highest BCUT2D eigenvalue weighted by molar-refractivity contribution is 6.04. The van der Waals surface area contributed by atoms with Crippen molar-refractivity contribution in [1.29, 1.82) is 0 Å². The van der Waals surface area contributed by atoms with Crippen molar-refractivity contribution in [1.82, 2.24) is 0 Å². The molecule has 4 aliphatic rings. The summed E-state index contributed by atoms with van der Waals surface area (Å²) in [4.78, 5) is 24.6. The number of Topliss-reactive ketones (excluding diaryl/α,β-unsaturated/α-hetero) is 1. The number of allylic oxidation sites excluding steroid dienone is 3. The number of ketones is 2. The fourth-order valence-electron chi connectivity index (χ4n) is 6.20. The Labute approximate surface area is 138 Å². The van der Waals surface area contributed by atoms with Crippen LogP contribution in [0.4, 0.5) is 0 Å². The lowest BCUT2D eigenvalue weighted by atomic mass is 9.48. The summed E-state index contributed by atoms with van der Waals surface area (Å²) in [7, 11) is 1.58. The zero-order chi connectivity index (χ0) is 16.4. The number of hydrogen-bond acceptors (Lipinski definition) is 3. The molecule has 0 spiro atoms. The Balaban J connectivity index is 1.73. The first kappa shape index (κ1) is 15.2. The summed E-state index contributed by atoms with van der Waals surface area (Å²) in [6, 6.07) is 0. The summed E-state index contributed by atoms with van der Waals surface area (Å²) in [6.07, 6.45) is 9.93. The van der Waals surface area contributed by atoms with Crippen molar-refractivity contribution in [2.45, 2.75) is 52.4 Å². The van der Waals surface area contributed by atoms with Gasteiger partial charge >= 0.3 is 0 Å². The fraction of sp³-hybridized carbons (Fsp3) is 0.700. The molecule has 3 heteroatoms. The lowest BCUT2D eigenvalue weighted by Gasteiger charge is -2.55. The average Bonchev–Trinajstić information content (AvgIpc) is 2.83. The van der Waals surface area contributed by atoms with Crippen molar-refractivity contribution in [2.75, 3.05) is 7.11 Å². The van der Waals surface area contributed by atoms with E-state index in [-0.39, 0.29) is 16.6 Å². The van der Waals surface area contributed by atoms with Gasteiger partial charge in [0.25, 0.3) is 0 Å². The second kappa shape index (κ2) is 4.81. The normalized spacial score (nSPS) is 45.6. The molecule has 23 heavy (non-hydrogen) atoms. The molecule has 124 valence electrons. The van der Waals surface area contributed by atoms with Gasteiger partial charge in [-0.1, -0.05) is 19.4 Å². The minimum atomic E-state index is -0.0863. The molecule has 4 aliphatic carbocycles. The Morgan fingerprint density at radius 3 is 2.61 bits per heavy atom. The molecule has 0 unspecified atom stereocenters. The number of hydrogen-bond donors (Lipinski definition) is 0. The Morgan fingerprint density at radius 2 is 1.87 bits per heavy atom. The average molecular weight is 314 g/mol. The second-order valence-electron chi connectivity index (χ2n) is 8.36. The van der Waals surface area contributed by atoms with E-state index in [0.717, 1.165) is 38.5 Å². The molecule has 3 fully saturated rings. The molecule has 0 aliphatic heterocycles. The van der Waals surface area contributed by atoms with Gasteiger partial charge in [-0.2, -0.15) is 0 Å². The smallest absolute Gasteiger partial charge is 0.220 e. The zero-order valence-electron chi connectivity index (χ0n) is 14.4. The van der Waals surface area contributed by atoms with Crippen LogP contribution in [-0.4, -0.2) is 18.7 Å². The van der Waals surface area contributed by atoms with E-state index < -0.39 is 0 Å². The van der Waals surface area contributed by atoms with Gasteiger partial charge in [-0.05, 0) is 62.0 Å². The molecule has 0 aromatic carbocycles. The maximum absolute atomic E-state index is 12.4. The monoisotopic (exact) mass is 314 g/mol. The lowest BCUT2D eigenvalue weighted by molar-refractivity contribution is -0.131. The summed E-state index contributed by atoms with van der Waals surface area (Å²) >= 11 is 0. The van der Waals surface area contributed by atoms with Gasteiger partial charge in [0.1, 0.15) is 5.78 Å². The Hall–Kier alpha value is -1.38. The van der Waals surface area contributed by atoms with E-state index in [4.69, 9.17) is 4.74 Å². The van der Waals surface area contributed by atoms with E-state index >= 15 is 0 Å². The second-order valence-corrected chi connectivity index (χ2v) is 8.36. The van der Waals surface area contributed by atoms with Crippen LogP contribution in [0.15, 0.2) is 23.5 Å². The van der Waals surface area contributed by atoms with Gasteiger partial charge in [0, 0.05) is 17.3 Å². The molecule has 0 bridgehead atoms. The maximum atomic E-state index is 12.4. The van der Waals surface area contributed by atoms with E-state index in [2.05, 4.69) is 19.9 Å². The molecule has 0 heterocycles. The highest BCUT2D eigenvalue weighted by atomic mass is 16.5. The first-order valence-electron chi connectivity index (χ1n) is 8.95. The maximum Gasteiger partial charge on any atom is 0.220 e. The van der Waals surface area contributed by atoms with Gasteiger partial charge in [-0.15, -0.1) is 0 Å². The van der Waals surface area contributed by atoms with Gasteiger partial charge in [0.05, 0.1) is 7.11 Å². The van der Waals surface area contributed by atoms with Gasteiger partial charge in [-0.25, -0.2) is 0 Å². The minimum absolute atomic E-state index is 0.00937. The summed E-state index contributed by atoms with van der Waals surface area (Å²) in [5.74, 6) is 2.65. The SMILES string of the molecule is COC1=C[C@@]2(C)C(=CC1=O)CC[C@@H]1[C@@H]2CC[C@]2(C)C(=O)CC[C@@H]12. The van der Waals surface area contributed by atoms with Crippen LogP contribution in [0.1, 0.15) is 52.4 Å². The molecule has 0 radical (unpaired) electrons. The minimum Gasteiger partial charge on any atom is -0.493 e. The largest absolute Gasteiger partial charge is 0.493 e. The van der Waals surface area contributed by atoms with E-state index in [1.54, 1.807) is 7.11 Å². The highest BCUT2D eigenvalue weighted by Gasteiger charge is 2.58. The molecule has 0 amide bonds. The van der Waals surface area contributed by atoms with Crippen LogP contribution in [0.2, 0.25) is 0 Å². The van der Waals surface area contributed by atoms with Crippen molar-refractivity contribution < 1.29 is 14.3 Å². The van der Waals surface area contributed by atoms with E-state index in [9.17, 15) is 9.59 Å². The van der Waals surface area contributed by atoms with Gasteiger partial charge < -0.3 is 4.74 Å².